The fourth-order valence-electron chi connectivity index (χ4n) is 0.610. The smallest absolute Gasteiger partial charge is 0.780 e. The summed E-state index contributed by atoms with van der Waals surface area (Å²) in [5, 5.41) is 0. The fourth-order valence-corrected chi connectivity index (χ4v) is 0.990. The van der Waals surface area contributed by atoms with Gasteiger partial charge in [0.05, 0.1) is 0 Å². The largest absolute Gasteiger partial charge is 2.00 e. The van der Waals surface area contributed by atoms with Crippen LogP contribution in [0.1, 0.15) is 0 Å². The van der Waals surface area contributed by atoms with E-state index in [0.717, 1.165) is 0 Å². The van der Waals surface area contributed by atoms with Crippen LogP contribution < -0.4 is 14.3 Å². The molecule has 0 aliphatic carbocycles. The molecule has 0 unspecified atom stereocenters. The Balaban J connectivity index is 0.00000121. The van der Waals surface area contributed by atoms with Gasteiger partial charge in [-0.15, -0.1) is 0 Å². The van der Waals surface area contributed by atoms with Crippen molar-refractivity contribution in [2.75, 3.05) is 0 Å². The van der Waals surface area contributed by atoms with Gasteiger partial charge in [-0.2, -0.15) is 0 Å². The van der Waals surface area contributed by atoms with Crippen molar-refractivity contribution in [2.24, 2.45) is 0 Å². The molecule has 1 aromatic rings. The molecule has 0 radical (unpaired) electrons. The summed E-state index contributed by atoms with van der Waals surface area (Å²) in [5.74, 6) is 0.0424. The van der Waals surface area contributed by atoms with E-state index in [-0.39, 0.29) is 33.4 Å². The Morgan fingerprint density at radius 1 is 1.17 bits per heavy atom. The van der Waals surface area contributed by atoms with Crippen LogP contribution >= 0.6 is 7.82 Å². The maximum atomic E-state index is 10.1. The first kappa shape index (κ1) is 12.1. The summed E-state index contributed by atoms with van der Waals surface area (Å²) in [6.07, 6.45) is 0. The molecule has 4 nitrogen and oxygen atoms in total. The van der Waals surface area contributed by atoms with Crippen LogP contribution in [-0.2, 0) is 32.2 Å². The van der Waals surface area contributed by atoms with E-state index in [2.05, 4.69) is 4.52 Å². The van der Waals surface area contributed by atoms with E-state index in [1.165, 1.54) is 12.1 Å². The molecular weight excluding hydrogens is 368 g/mol. The molecule has 0 spiro atoms. The Morgan fingerprint density at radius 2 is 1.67 bits per heavy atom. The number of hydrogen-bond donors (Lipinski definition) is 0. The van der Waals surface area contributed by atoms with Crippen molar-refractivity contribution in [3.05, 3.63) is 30.3 Å². The number of para-hydroxylation sites is 1. The predicted molar refractivity (Wildman–Crippen MR) is 34.7 cm³/mol. The van der Waals surface area contributed by atoms with E-state index < -0.39 is 7.82 Å². The van der Waals surface area contributed by atoms with Crippen molar-refractivity contribution in [1.29, 1.82) is 0 Å². The van der Waals surface area contributed by atoms with Gasteiger partial charge >= 0.3 is 27.7 Å². The number of hydrogen-bond acceptors (Lipinski definition) is 4. The molecule has 1 aromatic carbocycles. The van der Waals surface area contributed by atoms with Crippen molar-refractivity contribution < 1.29 is 46.5 Å². The first-order chi connectivity index (χ1) is 5.08. The quantitative estimate of drug-likeness (QED) is 0.536. The Hall–Kier alpha value is 0.105. The zero-order chi connectivity index (χ0) is 8.32. The van der Waals surface area contributed by atoms with Crippen LogP contribution in [-0.4, -0.2) is 0 Å². The normalized spacial score (nSPS) is 10.2. The van der Waals surface area contributed by atoms with Gasteiger partial charge < -0.3 is 18.9 Å². The molecule has 6 heteroatoms. The SMILES string of the molecule is O=P([O-])([O-])Oc1ccccc1.[Hg+2]. The molecule has 0 saturated heterocycles. The number of phosphoric ester groups is 1. The van der Waals surface area contributed by atoms with E-state index in [9.17, 15) is 14.4 Å². The maximum Gasteiger partial charge on any atom is 2.00 e. The average molecular weight is 373 g/mol. The number of benzene rings is 1. The third kappa shape index (κ3) is 4.88. The zero-order valence-electron chi connectivity index (χ0n) is 6.17. The van der Waals surface area contributed by atoms with Crippen molar-refractivity contribution >= 4 is 7.82 Å². The van der Waals surface area contributed by atoms with Gasteiger partial charge in [-0.1, -0.05) is 18.2 Å². The van der Waals surface area contributed by atoms with Gasteiger partial charge in [0.1, 0.15) is 13.6 Å². The molecule has 0 heterocycles. The summed E-state index contributed by atoms with van der Waals surface area (Å²) in [4.78, 5) is 20.1. The summed E-state index contributed by atoms with van der Waals surface area (Å²) < 4.78 is 14.1. The van der Waals surface area contributed by atoms with Crippen LogP contribution in [0.5, 0.6) is 5.75 Å². The van der Waals surface area contributed by atoms with E-state index in [0.29, 0.717) is 0 Å². The predicted octanol–water partition coefficient (Wildman–Crippen LogP) is -0.108. The van der Waals surface area contributed by atoms with E-state index >= 15 is 0 Å². The average Bonchev–Trinajstić information content (AvgIpc) is 1.85. The summed E-state index contributed by atoms with van der Waals surface area (Å²) in [7, 11) is -4.89. The molecular formula is C6H5HgO4P. The van der Waals surface area contributed by atoms with Crippen LogP contribution in [0.4, 0.5) is 0 Å². The molecule has 0 aromatic heterocycles. The number of rotatable bonds is 2. The molecule has 1 rings (SSSR count). The van der Waals surface area contributed by atoms with Crippen LogP contribution in [0.25, 0.3) is 0 Å². The van der Waals surface area contributed by atoms with Gasteiger partial charge in [-0.05, 0) is 12.1 Å². The van der Waals surface area contributed by atoms with Crippen LogP contribution in [0, 0.1) is 0 Å². The summed E-state index contributed by atoms with van der Waals surface area (Å²) >= 11 is 0. The third-order valence-corrected chi connectivity index (χ3v) is 1.39. The van der Waals surface area contributed by atoms with Crippen molar-refractivity contribution in [1.82, 2.24) is 0 Å². The molecule has 0 aliphatic heterocycles. The van der Waals surface area contributed by atoms with Gasteiger partial charge in [-0.3, -0.25) is 0 Å². The van der Waals surface area contributed by atoms with E-state index in [1.807, 2.05) is 0 Å². The second kappa shape index (κ2) is 4.97. The zero-order valence-corrected chi connectivity index (χ0v) is 12.6. The van der Waals surface area contributed by atoms with Crippen molar-refractivity contribution in [3.8, 4) is 5.75 Å². The van der Waals surface area contributed by atoms with Gasteiger partial charge in [0.25, 0.3) is 0 Å². The van der Waals surface area contributed by atoms with Gasteiger partial charge in [0, 0.05) is 0 Å². The first-order valence-corrected chi connectivity index (χ1v) is 4.31. The molecule has 0 aliphatic rings. The number of phosphoric acid groups is 1. The molecule has 0 atom stereocenters. The Bertz CT molecular complexity index is 270. The Morgan fingerprint density at radius 3 is 2.08 bits per heavy atom. The topological polar surface area (TPSA) is 72.4 Å². The minimum Gasteiger partial charge on any atom is -0.780 e. The summed E-state index contributed by atoms with van der Waals surface area (Å²) in [6, 6.07) is 7.62. The monoisotopic (exact) mass is 374 g/mol. The van der Waals surface area contributed by atoms with Crippen molar-refractivity contribution in [2.45, 2.75) is 0 Å². The molecule has 0 amide bonds. The second-order valence-electron chi connectivity index (χ2n) is 1.85. The molecule has 60 valence electrons. The minimum atomic E-state index is -4.89. The standard InChI is InChI=1S/C6H7O4P.Hg/c7-11(8,9)10-6-4-2-1-3-5-6;/h1-5H,(H2,7,8,9);/q;+2/p-2. The molecule has 0 N–H and O–H groups in total. The Labute approximate surface area is 90.3 Å². The van der Waals surface area contributed by atoms with E-state index in [1.54, 1.807) is 18.2 Å². The van der Waals surface area contributed by atoms with Crippen molar-refractivity contribution in [3.63, 3.8) is 0 Å². The third-order valence-electron chi connectivity index (χ3n) is 0.960. The molecule has 0 saturated carbocycles. The minimum absolute atomic E-state index is 0. The maximum absolute atomic E-state index is 10.1. The molecule has 0 fully saturated rings. The Kier molecular flexibility index (Phi) is 5.01. The van der Waals surface area contributed by atoms with E-state index in [4.69, 9.17) is 0 Å². The summed E-state index contributed by atoms with van der Waals surface area (Å²) in [6.45, 7) is 0. The fraction of sp³-hybridized carbons (Fsp3) is 0. The molecule has 12 heavy (non-hydrogen) atoms. The molecule has 0 bridgehead atoms. The van der Waals surface area contributed by atoms with Crippen LogP contribution in [0.15, 0.2) is 30.3 Å². The second-order valence-corrected chi connectivity index (χ2v) is 2.93. The van der Waals surface area contributed by atoms with Crippen LogP contribution in [0.3, 0.4) is 0 Å². The van der Waals surface area contributed by atoms with Gasteiger partial charge in [0.15, 0.2) is 0 Å². The first-order valence-electron chi connectivity index (χ1n) is 2.85. The van der Waals surface area contributed by atoms with Gasteiger partial charge in [0.2, 0.25) is 0 Å². The van der Waals surface area contributed by atoms with Gasteiger partial charge in [-0.25, -0.2) is 0 Å². The summed E-state index contributed by atoms with van der Waals surface area (Å²) in [5.41, 5.74) is 0. The van der Waals surface area contributed by atoms with Crippen LogP contribution in [0.2, 0.25) is 0 Å².